The largest absolute Gasteiger partial charge is 0.497 e. The van der Waals surface area contributed by atoms with E-state index < -0.39 is 0 Å². The van der Waals surface area contributed by atoms with Crippen LogP contribution in [0.4, 0.5) is 0 Å². The van der Waals surface area contributed by atoms with Crippen molar-refractivity contribution in [2.75, 3.05) is 27.4 Å². The van der Waals surface area contributed by atoms with Crippen molar-refractivity contribution in [1.29, 1.82) is 0 Å². The monoisotopic (exact) mass is 358 g/mol. The Labute approximate surface area is 156 Å². The van der Waals surface area contributed by atoms with Crippen LogP contribution in [0.2, 0.25) is 0 Å². The summed E-state index contributed by atoms with van der Waals surface area (Å²) in [6.07, 6.45) is 3.34. The van der Waals surface area contributed by atoms with Crippen LogP contribution in [0.5, 0.6) is 11.5 Å². The molecule has 0 aliphatic rings. The SMILES string of the molecule is COc1ccc(C[C@H](CO)[C@@H](CCCO)Cc2ccc(OC)cc2)cc1. The van der Waals surface area contributed by atoms with E-state index in [9.17, 15) is 10.2 Å². The number of aliphatic hydroxyl groups excluding tert-OH is 2. The van der Waals surface area contributed by atoms with Crippen molar-refractivity contribution < 1.29 is 19.7 Å². The number of hydrogen-bond acceptors (Lipinski definition) is 4. The molecule has 0 saturated carbocycles. The molecular weight excluding hydrogens is 328 g/mol. The Morgan fingerprint density at radius 1 is 0.731 bits per heavy atom. The molecule has 0 aliphatic carbocycles. The molecular formula is C22H30O4. The maximum absolute atomic E-state index is 10.0. The van der Waals surface area contributed by atoms with Gasteiger partial charge in [0.15, 0.2) is 0 Å². The van der Waals surface area contributed by atoms with Crippen molar-refractivity contribution in [1.82, 2.24) is 0 Å². The van der Waals surface area contributed by atoms with Gasteiger partial charge in [-0.05, 0) is 72.9 Å². The molecule has 0 aliphatic heterocycles. The maximum atomic E-state index is 10.0. The van der Waals surface area contributed by atoms with Gasteiger partial charge in [0.25, 0.3) is 0 Å². The molecule has 4 heteroatoms. The summed E-state index contributed by atoms with van der Waals surface area (Å²) in [5, 5.41) is 19.3. The number of hydrogen-bond donors (Lipinski definition) is 2. The van der Waals surface area contributed by atoms with Crippen LogP contribution < -0.4 is 9.47 Å². The second kappa shape index (κ2) is 10.8. The summed E-state index contributed by atoms with van der Waals surface area (Å²) in [4.78, 5) is 0. The van der Waals surface area contributed by atoms with E-state index in [1.54, 1.807) is 14.2 Å². The third kappa shape index (κ3) is 6.04. The van der Waals surface area contributed by atoms with Gasteiger partial charge >= 0.3 is 0 Å². The van der Waals surface area contributed by atoms with Gasteiger partial charge in [0.05, 0.1) is 14.2 Å². The molecule has 2 rings (SSSR count). The van der Waals surface area contributed by atoms with Gasteiger partial charge in [-0.15, -0.1) is 0 Å². The summed E-state index contributed by atoms with van der Waals surface area (Å²) < 4.78 is 10.4. The topological polar surface area (TPSA) is 58.9 Å². The van der Waals surface area contributed by atoms with Gasteiger partial charge in [-0.25, -0.2) is 0 Å². The molecule has 2 aromatic carbocycles. The van der Waals surface area contributed by atoms with Gasteiger partial charge in [-0.3, -0.25) is 0 Å². The number of rotatable bonds is 11. The molecule has 2 N–H and O–H groups in total. The highest BCUT2D eigenvalue weighted by Crippen LogP contribution is 2.27. The number of benzene rings is 2. The van der Waals surface area contributed by atoms with Crippen LogP contribution in [0.3, 0.4) is 0 Å². The molecule has 0 fully saturated rings. The predicted molar refractivity (Wildman–Crippen MR) is 104 cm³/mol. The maximum Gasteiger partial charge on any atom is 0.118 e. The van der Waals surface area contributed by atoms with Crippen LogP contribution in [-0.2, 0) is 12.8 Å². The number of ether oxygens (including phenoxy) is 2. The molecule has 0 spiro atoms. The summed E-state index contributed by atoms with van der Waals surface area (Å²) >= 11 is 0. The van der Waals surface area contributed by atoms with E-state index in [1.807, 2.05) is 24.3 Å². The molecule has 0 unspecified atom stereocenters. The van der Waals surface area contributed by atoms with Crippen LogP contribution >= 0.6 is 0 Å². The fourth-order valence-electron chi connectivity index (χ4n) is 3.37. The second-order valence-corrected chi connectivity index (χ2v) is 6.67. The lowest BCUT2D eigenvalue weighted by Crippen LogP contribution is -2.23. The number of aliphatic hydroxyl groups is 2. The van der Waals surface area contributed by atoms with Gasteiger partial charge < -0.3 is 19.7 Å². The Hall–Kier alpha value is -2.04. The highest BCUT2D eigenvalue weighted by molar-refractivity contribution is 5.29. The van der Waals surface area contributed by atoms with Crippen molar-refractivity contribution in [3.63, 3.8) is 0 Å². The van der Waals surface area contributed by atoms with Crippen molar-refractivity contribution in [2.45, 2.75) is 25.7 Å². The van der Waals surface area contributed by atoms with Crippen molar-refractivity contribution >= 4 is 0 Å². The lowest BCUT2D eigenvalue weighted by atomic mass is 9.80. The van der Waals surface area contributed by atoms with Crippen molar-refractivity contribution in [3.8, 4) is 11.5 Å². The molecule has 0 heterocycles. The standard InChI is InChI=1S/C22H30O4/c1-25-21-9-5-17(6-10-21)14-19(4-3-13-23)20(16-24)15-18-7-11-22(26-2)12-8-18/h5-12,19-20,23-24H,3-4,13-16H2,1-2H3/t19-,20+/m0/s1. The Morgan fingerprint density at radius 2 is 1.19 bits per heavy atom. The fourth-order valence-corrected chi connectivity index (χ4v) is 3.37. The van der Waals surface area contributed by atoms with Crippen LogP contribution in [-0.4, -0.2) is 37.6 Å². The first-order valence-electron chi connectivity index (χ1n) is 9.17. The van der Waals surface area contributed by atoms with Crippen molar-refractivity contribution in [2.24, 2.45) is 11.8 Å². The lowest BCUT2D eigenvalue weighted by molar-refractivity contribution is 0.158. The molecule has 0 saturated heterocycles. The highest BCUT2D eigenvalue weighted by Gasteiger charge is 2.21. The molecule has 0 aromatic heterocycles. The van der Waals surface area contributed by atoms with Gasteiger partial charge in [-0.1, -0.05) is 24.3 Å². The van der Waals surface area contributed by atoms with E-state index in [0.717, 1.165) is 37.2 Å². The first-order valence-corrected chi connectivity index (χ1v) is 9.17. The molecule has 0 amide bonds. The highest BCUT2D eigenvalue weighted by atomic mass is 16.5. The zero-order valence-corrected chi connectivity index (χ0v) is 15.7. The van der Waals surface area contributed by atoms with E-state index in [1.165, 1.54) is 11.1 Å². The minimum absolute atomic E-state index is 0.137. The molecule has 142 valence electrons. The molecule has 0 radical (unpaired) electrons. The van der Waals surface area contributed by atoms with Gasteiger partial charge in [0.1, 0.15) is 11.5 Å². The quantitative estimate of drug-likeness (QED) is 0.646. The first kappa shape index (κ1) is 20.3. The van der Waals surface area contributed by atoms with E-state index in [-0.39, 0.29) is 19.1 Å². The average Bonchev–Trinajstić information content (AvgIpc) is 2.70. The molecule has 4 nitrogen and oxygen atoms in total. The van der Waals surface area contributed by atoms with Crippen LogP contribution in [0.25, 0.3) is 0 Å². The van der Waals surface area contributed by atoms with E-state index >= 15 is 0 Å². The normalized spacial score (nSPS) is 13.2. The molecule has 2 atom stereocenters. The smallest absolute Gasteiger partial charge is 0.118 e. The molecule has 2 aromatic rings. The zero-order valence-electron chi connectivity index (χ0n) is 15.7. The predicted octanol–water partition coefficient (Wildman–Crippen LogP) is 3.49. The zero-order chi connectivity index (χ0) is 18.8. The fraction of sp³-hybridized carbons (Fsp3) is 0.455. The van der Waals surface area contributed by atoms with Gasteiger partial charge in [-0.2, -0.15) is 0 Å². The first-order chi connectivity index (χ1) is 12.7. The van der Waals surface area contributed by atoms with Crippen molar-refractivity contribution in [3.05, 3.63) is 59.7 Å². The summed E-state index contributed by atoms with van der Waals surface area (Å²) in [7, 11) is 3.32. The molecule has 0 bridgehead atoms. The van der Waals surface area contributed by atoms with Crippen LogP contribution in [0, 0.1) is 11.8 Å². The Bertz CT molecular complexity index is 622. The third-order valence-electron chi connectivity index (χ3n) is 4.95. The van der Waals surface area contributed by atoms with E-state index in [4.69, 9.17) is 9.47 Å². The van der Waals surface area contributed by atoms with E-state index in [2.05, 4.69) is 24.3 Å². The Balaban J connectivity index is 2.09. The van der Waals surface area contributed by atoms with Gasteiger partial charge in [0.2, 0.25) is 0 Å². The van der Waals surface area contributed by atoms with Crippen LogP contribution in [0.1, 0.15) is 24.0 Å². The van der Waals surface area contributed by atoms with Gasteiger partial charge in [0, 0.05) is 13.2 Å². The lowest BCUT2D eigenvalue weighted by Gasteiger charge is -2.26. The average molecular weight is 358 g/mol. The third-order valence-corrected chi connectivity index (χ3v) is 4.95. The minimum Gasteiger partial charge on any atom is -0.497 e. The summed E-state index contributed by atoms with van der Waals surface area (Å²) in [6, 6.07) is 16.1. The Morgan fingerprint density at radius 3 is 1.58 bits per heavy atom. The Kier molecular flexibility index (Phi) is 8.45. The summed E-state index contributed by atoms with van der Waals surface area (Å²) in [5.41, 5.74) is 2.41. The van der Waals surface area contributed by atoms with E-state index in [0.29, 0.717) is 5.92 Å². The summed E-state index contributed by atoms with van der Waals surface area (Å²) in [5.74, 6) is 2.14. The second-order valence-electron chi connectivity index (χ2n) is 6.67. The minimum atomic E-state index is 0.137. The van der Waals surface area contributed by atoms with Crippen LogP contribution in [0.15, 0.2) is 48.5 Å². The molecule has 26 heavy (non-hydrogen) atoms. The summed E-state index contributed by atoms with van der Waals surface area (Å²) in [6.45, 7) is 0.318. The number of methoxy groups -OCH3 is 2.